The maximum atomic E-state index is 12.6. The third-order valence-electron chi connectivity index (χ3n) is 4.41. The van der Waals surface area contributed by atoms with Crippen LogP contribution in [-0.2, 0) is 22.8 Å². The van der Waals surface area contributed by atoms with Gasteiger partial charge < -0.3 is 9.52 Å². The molecule has 0 aliphatic rings. The van der Waals surface area contributed by atoms with E-state index in [0.717, 1.165) is 23.0 Å². The summed E-state index contributed by atoms with van der Waals surface area (Å²) in [5.41, 5.74) is 2.97. The number of nitriles is 1. The molecule has 1 unspecified atom stereocenters. The molecule has 0 saturated carbocycles. The molecule has 7 heteroatoms. The standard InChI is InChI=1S/C22H20N2O4S/c1-29(2,27)24(14-20-11-21(25)22(26)15-28-20)13-17-5-9-19(10-6-17)18-7-3-16(12-23)4-8-18/h3-11,15,26H,1,13-14H2,2H3. The van der Waals surface area contributed by atoms with Crippen molar-refractivity contribution in [3.63, 3.8) is 0 Å². The van der Waals surface area contributed by atoms with Gasteiger partial charge in [0.15, 0.2) is 5.75 Å². The summed E-state index contributed by atoms with van der Waals surface area (Å²) >= 11 is 0. The summed E-state index contributed by atoms with van der Waals surface area (Å²) in [6.45, 7) is 0.461. The van der Waals surface area contributed by atoms with E-state index in [1.807, 2.05) is 36.4 Å². The van der Waals surface area contributed by atoms with Crippen LogP contribution < -0.4 is 5.43 Å². The third-order valence-corrected chi connectivity index (χ3v) is 5.76. The van der Waals surface area contributed by atoms with Crippen LogP contribution in [0.5, 0.6) is 5.75 Å². The molecule has 0 saturated heterocycles. The Morgan fingerprint density at radius 3 is 2.21 bits per heavy atom. The number of aromatic hydroxyl groups is 1. The predicted octanol–water partition coefficient (Wildman–Crippen LogP) is 3.15. The van der Waals surface area contributed by atoms with Crippen LogP contribution in [0, 0.1) is 11.3 Å². The van der Waals surface area contributed by atoms with Crippen LogP contribution in [0.4, 0.5) is 0 Å². The molecule has 0 radical (unpaired) electrons. The van der Waals surface area contributed by atoms with E-state index < -0.39 is 20.9 Å². The minimum absolute atomic E-state index is 0.117. The highest BCUT2D eigenvalue weighted by Gasteiger charge is 2.15. The van der Waals surface area contributed by atoms with Crippen molar-refractivity contribution < 1.29 is 13.7 Å². The van der Waals surface area contributed by atoms with Gasteiger partial charge in [0.1, 0.15) is 12.0 Å². The molecule has 2 aromatic carbocycles. The summed E-state index contributed by atoms with van der Waals surface area (Å²) < 4.78 is 19.5. The van der Waals surface area contributed by atoms with Crippen LogP contribution in [0.1, 0.15) is 16.9 Å². The Labute approximate surface area is 169 Å². The number of benzene rings is 2. The van der Waals surface area contributed by atoms with E-state index in [-0.39, 0.29) is 6.54 Å². The highest BCUT2D eigenvalue weighted by Crippen LogP contribution is 2.22. The molecule has 0 aliphatic heterocycles. The zero-order valence-electron chi connectivity index (χ0n) is 15.9. The first-order chi connectivity index (χ1) is 13.8. The quantitative estimate of drug-likeness (QED) is 0.632. The number of hydrogen-bond acceptors (Lipinski definition) is 5. The molecule has 6 nitrogen and oxygen atoms in total. The number of nitrogens with zero attached hydrogens (tertiary/aromatic N) is 2. The first kappa shape index (κ1) is 20.4. The minimum Gasteiger partial charge on any atom is -0.502 e. The van der Waals surface area contributed by atoms with Crippen molar-refractivity contribution in [1.29, 1.82) is 5.26 Å². The second-order valence-corrected chi connectivity index (χ2v) is 9.17. The van der Waals surface area contributed by atoms with E-state index in [4.69, 9.17) is 9.68 Å². The van der Waals surface area contributed by atoms with Crippen LogP contribution in [-0.4, -0.2) is 25.7 Å². The highest BCUT2D eigenvalue weighted by atomic mass is 32.2. The smallest absolute Gasteiger partial charge is 0.226 e. The lowest BCUT2D eigenvalue weighted by atomic mass is 10.0. The Morgan fingerprint density at radius 1 is 1.10 bits per heavy atom. The summed E-state index contributed by atoms with van der Waals surface area (Å²) in [5.74, 6) is 3.57. The van der Waals surface area contributed by atoms with Gasteiger partial charge in [-0.15, -0.1) is 0 Å². The van der Waals surface area contributed by atoms with Crippen molar-refractivity contribution in [2.24, 2.45) is 0 Å². The number of rotatable bonds is 6. The molecule has 0 aliphatic carbocycles. The van der Waals surface area contributed by atoms with E-state index in [0.29, 0.717) is 17.9 Å². The maximum Gasteiger partial charge on any atom is 0.226 e. The van der Waals surface area contributed by atoms with E-state index in [9.17, 15) is 14.1 Å². The number of hydrogen-bond donors (Lipinski definition) is 1. The van der Waals surface area contributed by atoms with Gasteiger partial charge in [-0.1, -0.05) is 36.4 Å². The van der Waals surface area contributed by atoms with E-state index in [2.05, 4.69) is 11.9 Å². The van der Waals surface area contributed by atoms with Crippen LogP contribution in [0.15, 0.2) is 70.1 Å². The molecule has 0 spiro atoms. The Bertz CT molecular complexity index is 1210. The zero-order valence-corrected chi connectivity index (χ0v) is 16.7. The fraction of sp³-hybridized carbons (Fsp3) is 0.136. The lowest BCUT2D eigenvalue weighted by molar-refractivity contribution is 0.356. The lowest BCUT2D eigenvalue weighted by Crippen LogP contribution is -2.29. The molecule has 0 amide bonds. The average molecular weight is 408 g/mol. The van der Waals surface area contributed by atoms with E-state index >= 15 is 0 Å². The van der Waals surface area contributed by atoms with E-state index in [1.54, 1.807) is 16.4 Å². The Morgan fingerprint density at radius 2 is 1.69 bits per heavy atom. The highest BCUT2D eigenvalue weighted by molar-refractivity contribution is 7.97. The van der Waals surface area contributed by atoms with Gasteiger partial charge in [0.25, 0.3) is 0 Å². The molecule has 29 heavy (non-hydrogen) atoms. The van der Waals surface area contributed by atoms with Crippen molar-refractivity contribution in [3.05, 3.63) is 88.0 Å². The fourth-order valence-electron chi connectivity index (χ4n) is 2.77. The normalized spacial score (nSPS) is 13.0. The van der Waals surface area contributed by atoms with Gasteiger partial charge in [-0.3, -0.25) is 9.00 Å². The molecule has 0 fully saturated rings. The monoisotopic (exact) mass is 408 g/mol. The minimum atomic E-state index is -2.58. The molecule has 0 bridgehead atoms. The molecule has 1 atom stereocenters. The van der Waals surface area contributed by atoms with Crippen molar-refractivity contribution in [2.75, 3.05) is 6.26 Å². The van der Waals surface area contributed by atoms with Crippen molar-refractivity contribution in [3.8, 4) is 22.9 Å². The molecule has 1 heterocycles. The second-order valence-electron chi connectivity index (χ2n) is 6.74. The second kappa shape index (κ2) is 8.35. The van der Waals surface area contributed by atoms with Gasteiger partial charge in [-0.2, -0.15) is 5.26 Å². The summed E-state index contributed by atoms with van der Waals surface area (Å²) in [7, 11) is -2.58. The molecule has 3 aromatic rings. The molecule has 148 valence electrons. The van der Waals surface area contributed by atoms with Gasteiger partial charge in [0.2, 0.25) is 5.43 Å². The Kier molecular flexibility index (Phi) is 5.87. The predicted molar refractivity (Wildman–Crippen MR) is 114 cm³/mol. The van der Waals surface area contributed by atoms with E-state index in [1.165, 1.54) is 12.3 Å². The molecule has 1 N–H and O–H groups in total. The fourth-order valence-corrected chi connectivity index (χ4v) is 3.60. The summed E-state index contributed by atoms with van der Waals surface area (Å²) in [6.07, 6.45) is 2.50. The molecular formula is C22H20N2O4S. The van der Waals surface area contributed by atoms with Crippen LogP contribution in [0.2, 0.25) is 0 Å². The van der Waals surface area contributed by atoms with Gasteiger partial charge in [-0.05, 0) is 34.7 Å². The van der Waals surface area contributed by atoms with Gasteiger partial charge in [0, 0.05) is 28.6 Å². The lowest BCUT2D eigenvalue weighted by Gasteiger charge is -2.23. The van der Waals surface area contributed by atoms with Crippen molar-refractivity contribution in [2.45, 2.75) is 13.1 Å². The molecular weight excluding hydrogens is 388 g/mol. The first-order valence-corrected chi connectivity index (χ1v) is 10.8. The molecule has 3 rings (SSSR count). The average Bonchev–Trinajstić information content (AvgIpc) is 2.70. The summed E-state index contributed by atoms with van der Waals surface area (Å²) in [6, 6.07) is 18.4. The topological polar surface area (TPSA) is 94.5 Å². The molecule has 1 aromatic heterocycles. The third kappa shape index (κ3) is 5.13. The van der Waals surface area contributed by atoms with Crippen molar-refractivity contribution >= 4 is 15.6 Å². The van der Waals surface area contributed by atoms with Gasteiger partial charge in [-0.25, -0.2) is 4.31 Å². The Balaban J connectivity index is 1.79. The van der Waals surface area contributed by atoms with Gasteiger partial charge >= 0.3 is 0 Å². The van der Waals surface area contributed by atoms with Crippen LogP contribution in [0.25, 0.3) is 11.1 Å². The largest absolute Gasteiger partial charge is 0.502 e. The van der Waals surface area contributed by atoms with Crippen LogP contribution >= 0.6 is 0 Å². The first-order valence-electron chi connectivity index (χ1n) is 8.74. The van der Waals surface area contributed by atoms with Crippen LogP contribution in [0.3, 0.4) is 0 Å². The summed E-state index contributed by atoms with van der Waals surface area (Å²) in [4.78, 5) is 11.6. The zero-order chi connectivity index (χ0) is 21.0. The SMILES string of the molecule is C=S(C)(=O)N(Cc1ccc(-c2ccc(C#N)cc2)cc1)Cc1cc(=O)c(O)co1. The summed E-state index contributed by atoms with van der Waals surface area (Å²) in [5, 5.41) is 18.2. The maximum absolute atomic E-state index is 12.6. The van der Waals surface area contributed by atoms with Crippen molar-refractivity contribution in [1.82, 2.24) is 4.31 Å². The van der Waals surface area contributed by atoms with Gasteiger partial charge in [0.05, 0.1) is 18.2 Å². The Hall–Kier alpha value is -3.34.